The molecule has 0 spiro atoms. The van der Waals surface area contributed by atoms with E-state index < -0.39 is 0 Å². The van der Waals surface area contributed by atoms with Gasteiger partial charge < -0.3 is 19.3 Å². The molecule has 1 N–H and O–H groups in total. The number of fused-ring (bicyclic) bond motifs is 1. The van der Waals surface area contributed by atoms with E-state index in [4.69, 9.17) is 14.2 Å². The van der Waals surface area contributed by atoms with Crippen molar-refractivity contribution in [3.63, 3.8) is 0 Å². The van der Waals surface area contributed by atoms with Gasteiger partial charge in [0, 0.05) is 24.1 Å². The van der Waals surface area contributed by atoms with Crippen molar-refractivity contribution in [2.45, 2.75) is 90.1 Å². The highest BCUT2D eigenvalue weighted by atomic mass is 16.5. The summed E-state index contributed by atoms with van der Waals surface area (Å²) >= 11 is 0. The van der Waals surface area contributed by atoms with Gasteiger partial charge in [0.2, 0.25) is 0 Å². The quantitative estimate of drug-likeness (QED) is 0.195. The number of esters is 1. The van der Waals surface area contributed by atoms with Gasteiger partial charge in [0.25, 0.3) is 0 Å². The molecule has 0 aliphatic carbocycles. The van der Waals surface area contributed by atoms with Crippen molar-refractivity contribution in [1.29, 1.82) is 0 Å². The van der Waals surface area contributed by atoms with Crippen LogP contribution in [0, 0.1) is 0 Å². The van der Waals surface area contributed by atoms with Crippen LogP contribution in [0.5, 0.6) is 23.0 Å². The predicted octanol–water partition coefficient (Wildman–Crippen LogP) is 7.29. The Labute approximate surface area is 198 Å². The maximum Gasteiger partial charge on any atom is 0.311 e. The van der Waals surface area contributed by atoms with Crippen LogP contribution in [0.2, 0.25) is 0 Å². The van der Waals surface area contributed by atoms with Gasteiger partial charge in [-0.3, -0.25) is 4.79 Å². The van der Waals surface area contributed by atoms with E-state index in [0.29, 0.717) is 12.2 Å². The minimum atomic E-state index is -0.261. The average Bonchev–Trinajstić information content (AvgIpc) is 2.82. The molecular weight excluding hydrogens is 416 g/mol. The zero-order chi connectivity index (χ0) is 23.5. The van der Waals surface area contributed by atoms with Gasteiger partial charge in [-0.05, 0) is 43.0 Å². The van der Waals surface area contributed by atoms with Crippen molar-refractivity contribution < 1.29 is 24.1 Å². The number of ether oxygens (including phenoxy) is 3. The largest absolute Gasteiger partial charge is 0.508 e. The smallest absolute Gasteiger partial charge is 0.311 e. The van der Waals surface area contributed by atoms with Crippen LogP contribution in [0.1, 0.15) is 94.8 Å². The molecule has 0 radical (unpaired) electrons. The number of carbonyl (C=O) groups is 1. The van der Waals surface area contributed by atoms with E-state index >= 15 is 0 Å². The second-order valence-corrected chi connectivity index (χ2v) is 8.89. The van der Waals surface area contributed by atoms with E-state index in [-0.39, 0.29) is 17.8 Å². The van der Waals surface area contributed by atoms with Crippen LogP contribution >= 0.6 is 0 Å². The molecule has 5 nitrogen and oxygen atoms in total. The minimum Gasteiger partial charge on any atom is -0.508 e. The Morgan fingerprint density at radius 2 is 1.73 bits per heavy atom. The van der Waals surface area contributed by atoms with E-state index in [1.807, 2.05) is 18.2 Å². The molecule has 1 heterocycles. The van der Waals surface area contributed by atoms with Gasteiger partial charge >= 0.3 is 5.97 Å². The number of carbonyl (C=O) groups excluding carboxylic acids is 1. The number of hydrogen-bond acceptors (Lipinski definition) is 5. The molecule has 1 atom stereocenters. The molecule has 0 amide bonds. The summed E-state index contributed by atoms with van der Waals surface area (Å²) in [5, 5.41) is 9.98. The molecule has 0 saturated carbocycles. The summed E-state index contributed by atoms with van der Waals surface area (Å²) in [5.74, 6) is 1.72. The second kappa shape index (κ2) is 13.1. The molecule has 1 unspecified atom stereocenters. The number of benzene rings is 2. The zero-order valence-corrected chi connectivity index (χ0v) is 20.1. The molecule has 0 saturated heterocycles. The summed E-state index contributed by atoms with van der Waals surface area (Å²) < 4.78 is 17.2. The normalized spacial score (nSPS) is 14.9. The van der Waals surface area contributed by atoms with E-state index in [9.17, 15) is 9.90 Å². The maximum absolute atomic E-state index is 12.5. The fourth-order valence-corrected chi connectivity index (χ4v) is 4.33. The van der Waals surface area contributed by atoms with Crippen molar-refractivity contribution in [1.82, 2.24) is 0 Å². The molecular formula is C28H38O5. The molecule has 0 fully saturated rings. The molecule has 1 aliphatic rings. The molecule has 1 aliphatic heterocycles. The lowest BCUT2D eigenvalue weighted by Crippen LogP contribution is -2.17. The Morgan fingerprint density at radius 3 is 2.45 bits per heavy atom. The number of phenolic OH excluding ortho intramolecular Hbond substituents is 1. The fourth-order valence-electron chi connectivity index (χ4n) is 4.33. The summed E-state index contributed by atoms with van der Waals surface area (Å²) in [5.41, 5.74) is 1.91. The van der Waals surface area contributed by atoms with E-state index in [2.05, 4.69) is 6.92 Å². The summed E-state index contributed by atoms with van der Waals surface area (Å²) in [6.07, 6.45) is 12.6. The second-order valence-electron chi connectivity index (χ2n) is 8.89. The Morgan fingerprint density at radius 1 is 1.00 bits per heavy atom. The highest BCUT2D eigenvalue weighted by Gasteiger charge is 2.25. The SMILES string of the molecule is CCCCCCCCCCCC(=O)Oc1cc(O)ccc1C1CCc2ccc(OC)cc2O1. The lowest BCUT2D eigenvalue weighted by molar-refractivity contribution is -0.134. The predicted molar refractivity (Wildman–Crippen MR) is 130 cm³/mol. The van der Waals surface area contributed by atoms with E-state index in [1.165, 1.54) is 44.6 Å². The Bertz CT molecular complexity index is 892. The lowest BCUT2D eigenvalue weighted by atomic mass is 9.96. The lowest BCUT2D eigenvalue weighted by Gasteiger charge is -2.28. The molecule has 3 rings (SSSR count). The van der Waals surface area contributed by atoms with E-state index in [1.54, 1.807) is 19.2 Å². The van der Waals surface area contributed by atoms with Crippen molar-refractivity contribution >= 4 is 5.97 Å². The van der Waals surface area contributed by atoms with Gasteiger partial charge in [-0.2, -0.15) is 0 Å². The van der Waals surface area contributed by atoms with Gasteiger partial charge in [0.1, 0.15) is 29.1 Å². The van der Waals surface area contributed by atoms with Gasteiger partial charge in [0.15, 0.2) is 0 Å². The van der Waals surface area contributed by atoms with Crippen molar-refractivity contribution in [2.24, 2.45) is 0 Å². The first-order valence-corrected chi connectivity index (χ1v) is 12.5. The number of aromatic hydroxyl groups is 1. The van der Waals surface area contributed by atoms with Crippen LogP contribution in [0.15, 0.2) is 36.4 Å². The molecule has 2 aromatic rings. The number of hydrogen-bond donors (Lipinski definition) is 1. The van der Waals surface area contributed by atoms with Crippen LogP contribution in [0.4, 0.5) is 0 Å². The summed E-state index contributed by atoms with van der Waals surface area (Å²) in [4.78, 5) is 12.5. The monoisotopic (exact) mass is 454 g/mol. The Hall–Kier alpha value is -2.69. The number of aryl methyl sites for hydroxylation is 1. The van der Waals surface area contributed by atoms with E-state index in [0.717, 1.165) is 54.7 Å². The van der Waals surface area contributed by atoms with Crippen molar-refractivity contribution in [3.8, 4) is 23.0 Å². The third kappa shape index (κ3) is 7.69. The Kier molecular flexibility index (Phi) is 9.92. The van der Waals surface area contributed by atoms with Crippen molar-refractivity contribution in [2.75, 3.05) is 7.11 Å². The van der Waals surface area contributed by atoms with Gasteiger partial charge in [0.05, 0.1) is 7.11 Å². The first kappa shape index (κ1) is 24.9. The van der Waals surface area contributed by atoms with Gasteiger partial charge in [-0.25, -0.2) is 0 Å². The summed E-state index contributed by atoms with van der Waals surface area (Å²) in [6.45, 7) is 2.23. The summed E-state index contributed by atoms with van der Waals surface area (Å²) in [7, 11) is 1.63. The van der Waals surface area contributed by atoms with Crippen LogP contribution in [-0.4, -0.2) is 18.2 Å². The van der Waals surface area contributed by atoms with Crippen LogP contribution in [-0.2, 0) is 11.2 Å². The molecule has 180 valence electrons. The van der Waals surface area contributed by atoms with Crippen LogP contribution in [0.3, 0.4) is 0 Å². The molecule has 33 heavy (non-hydrogen) atoms. The third-order valence-electron chi connectivity index (χ3n) is 6.27. The highest BCUT2D eigenvalue weighted by molar-refractivity contribution is 5.73. The number of rotatable bonds is 13. The highest BCUT2D eigenvalue weighted by Crippen LogP contribution is 2.40. The fraction of sp³-hybridized carbons (Fsp3) is 0.536. The number of phenols is 1. The molecule has 0 aromatic heterocycles. The summed E-state index contributed by atoms with van der Waals surface area (Å²) in [6, 6.07) is 10.7. The van der Waals surface area contributed by atoms with Crippen molar-refractivity contribution in [3.05, 3.63) is 47.5 Å². The van der Waals surface area contributed by atoms with Crippen LogP contribution < -0.4 is 14.2 Å². The third-order valence-corrected chi connectivity index (χ3v) is 6.27. The number of unbranched alkanes of at least 4 members (excludes halogenated alkanes) is 8. The average molecular weight is 455 g/mol. The standard InChI is InChI=1S/C28H38O5/c1-3-4-5-6-7-8-9-10-11-12-28(30)33-27-19-22(29)15-17-24(27)25-18-14-21-13-16-23(31-2)20-26(21)32-25/h13,15-17,19-20,25,29H,3-12,14,18H2,1-2H3. The molecule has 5 heteroatoms. The molecule has 0 bridgehead atoms. The minimum absolute atomic E-state index is 0.0718. The van der Waals surface area contributed by atoms with Crippen LogP contribution in [0.25, 0.3) is 0 Å². The molecule has 2 aromatic carbocycles. The first-order valence-electron chi connectivity index (χ1n) is 12.5. The zero-order valence-electron chi connectivity index (χ0n) is 20.1. The first-order chi connectivity index (χ1) is 16.1. The Balaban J connectivity index is 1.51. The topological polar surface area (TPSA) is 65.0 Å². The maximum atomic E-state index is 12.5. The van der Waals surface area contributed by atoms with Gasteiger partial charge in [-0.15, -0.1) is 0 Å². The number of methoxy groups -OCH3 is 1. The van der Waals surface area contributed by atoms with Gasteiger partial charge in [-0.1, -0.05) is 64.4 Å².